The lowest BCUT2D eigenvalue weighted by Gasteiger charge is -2.22. The quantitative estimate of drug-likeness (QED) is 0.918. The van der Waals surface area contributed by atoms with Crippen molar-refractivity contribution in [3.63, 3.8) is 0 Å². The van der Waals surface area contributed by atoms with Gasteiger partial charge in [-0.25, -0.2) is 0 Å². The summed E-state index contributed by atoms with van der Waals surface area (Å²) in [6.45, 7) is 2.89. The topological polar surface area (TPSA) is 23.5 Å². The zero-order valence-corrected chi connectivity index (χ0v) is 12.0. The third kappa shape index (κ3) is 3.49. The number of aryl methyl sites for hydroxylation is 1. The maximum Gasteiger partial charge on any atom is 0.0702 e. The zero-order valence-electron chi connectivity index (χ0n) is 11.2. The van der Waals surface area contributed by atoms with Crippen LogP contribution in [0.25, 0.3) is 0 Å². The van der Waals surface area contributed by atoms with E-state index in [1.807, 2.05) is 19.2 Å². The van der Waals surface area contributed by atoms with Crippen molar-refractivity contribution in [3.05, 3.63) is 64.2 Å². The Hall–Kier alpha value is -1.51. The average molecular weight is 276 g/mol. The smallest absolute Gasteiger partial charge is 0.0702 e. The number of hydrogen-bond donors (Lipinski definition) is 1. The highest BCUT2D eigenvalue weighted by Gasteiger charge is 2.08. The molecule has 100 valence electrons. The van der Waals surface area contributed by atoms with E-state index >= 15 is 0 Å². The van der Waals surface area contributed by atoms with Gasteiger partial charge in [-0.3, -0.25) is 0 Å². The van der Waals surface area contributed by atoms with Crippen LogP contribution in [-0.4, -0.2) is 12.2 Å². The third-order valence-electron chi connectivity index (χ3n) is 3.13. The van der Waals surface area contributed by atoms with Crippen molar-refractivity contribution in [1.29, 1.82) is 0 Å². The lowest BCUT2D eigenvalue weighted by atomic mass is 10.1. The van der Waals surface area contributed by atoms with Crippen molar-refractivity contribution in [3.8, 4) is 0 Å². The van der Waals surface area contributed by atoms with Gasteiger partial charge in [-0.15, -0.1) is 0 Å². The van der Waals surface area contributed by atoms with E-state index in [2.05, 4.69) is 36.1 Å². The van der Waals surface area contributed by atoms with Gasteiger partial charge in [-0.05, 0) is 24.6 Å². The van der Waals surface area contributed by atoms with Crippen LogP contribution in [0.4, 0.5) is 5.69 Å². The van der Waals surface area contributed by atoms with E-state index < -0.39 is 0 Å². The van der Waals surface area contributed by atoms with Gasteiger partial charge < -0.3 is 10.0 Å². The Morgan fingerprint density at radius 3 is 2.63 bits per heavy atom. The first-order valence-corrected chi connectivity index (χ1v) is 6.64. The van der Waals surface area contributed by atoms with Crippen molar-refractivity contribution in [2.24, 2.45) is 0 Å². The summed E-state index contributed by atoms with van der Waals surface area (Å²) in [5.74, 6) is 0. The summed E-state index contributed by atoms with van der Waals surface area (Å²) in [6, 6.07) is 14.0. The number of benzene rings is 2. The fourth-order valence-electron chi connectivity index (χ4n) is 2.20. The summed E-state index contributed by atoms with van der Waals surface area (Å²) >= 11 is 6.04. The van der Waals surface area contributed by atoms with Gasteiger partial charge in [-0.2, -0.15) is 0 Å². The first-order valence-electron chi connectivity index (χ1n) is 6.26. The van der Waals surface area contributed by atoms with E-state index in [1.54, 1.807) is 6.07 Å². The van der Waals surface area contributed by atoms with Crippen LogP contribution >= 0.6 is 11.6 Å². The van der Waals surface area contributed by atoms with Crippen LogP contribution in [0.2, 0.25) is 5.02 Å². The highest BCUT2D eigenvalue weighted by atomic mass is 35.5. The van der Waals surface area contributed by atoms with Crippen LogP contribution < -0.4 is 4.90 Å². The third-order valence-corrected chi connectivity index (χ3v) is 3.37. The highest BCUT2D eigenvalue weighted by molar-refractivity contribution is 6.30. The molecule has 0 saturated carbocycles. The minimum Gasteiger partial charge on any atom is -0.392 e. The minimum absolute atomic E-state index is 0.0185. The van der Waals surface area contributed by atoms with Gasteiger partial charge in [0.2, 0.25) is 0 Å². The molecule has 0 unspecified atom stereocenters. The number of aliphatic hydroxyl groups excluding tert-OH is 1. The average Bonchev–Trinajstić information content (AvgIpc) is 2.38. The van der Waals surface area contributed by atoms with Crippen LogP contribution in [0.1, 0.15) is 16.7 Å². The molecule has 19 heavy (non-hydrogen) atoms. The lowest BCUT2D eigenvalue weighted by Crippen LogP contribution is -2.18. The Kier molecular flexibility index (Phi) is 4.46. The van der Waals surface area contributed by atoms with Gasteiger partial charge >= 0.3 is 0 Å². The molecule has 0 aliphatic heterocycles. The van der Waals surface area contributed by atoms with Crippen molar-refractivity contribution in [2.45, 2.75) is 20.1 Å². The Morgan fingerprint density at radius 1 is 1.16 bits per heavy atom. The molecule has 1 N–H and O–H groups in total. The maximum atomic E-state index is 9.40. The lowest BCUT2D eigenvalue weighted by molar-refractivity contribution is 0.282. The molecular weight excluding hydrogens is 258 g/mol. The first-order chi connectivity index (χ1) is 9.10. The van der Waals surface area contributed by atoms with E-state index in [-0.39, 0.29) is 6.61 Å². The molecule has 0 atom stereocenters. The SMILES string of the molecule is Cc1cccc(CN(C)c2cc(Cl)ccc2CO)c1. The van der Waals surface area contributed by atoms with Crippen molar-refractivity contribution in [2.75, 3.05) is 11.9 Å². The summed E-state index contributed by atoms with van der Waals surface area (Å²) < 4.78 is 0. The van der Waals surface area contributed by atoms with Crippen LogP contribution in [0, 0.1) is 6.92 Å². The second-order valence-corrected chi connectivity index (χ2v) is 5.21. The highest BCUT2D eigenvalue weighted by Crippen LogP contribution is 2.25. The monoisotopic (exact) mass is 275 g/mol. The molecule has 0 amide bonds. The van der Waals surface area contributed by atoms with Gasteiger partial charge in [0.1, 0.15) is 0 Å². The molecule has 0 aliphatic carbocycles. The first kappa shape index (κ1) is 13.9. The van der Waals surface area contributed by atoms with E-state index in [0.717, 1.165) is 17.8 Å². The predicted octanol–water partition coefficient (Wildman–Crippen LogP) is 3.78. The predicted molar refractivity (Wildman–Crippen MR) is 80.7 cm³/mol. The van der Waals surface area contributed by atoms with Gasteiger partial charge in [0.15, 0.2) is 0 Å². The van der Waals surface area contributed by atoms with Crippen molar-refractivity contribution >= 4 is 17.3 Å². The van der Waals surface area contributed by atoms with Crippen LogP contribution in [0.5, 0.6) is 0 Å². The van der Waals surface area contributed by atoms with Crippen LogP contribution in [0.15, 0.2) is 42.5 Å². The van der Waals surface area contributed by atoms with Gasteiger partial charge in [0, 0.05) is 29.9 Å². The van der Waals surface area contributed by atoms with Gasteiger partial charge in [0.05, 0.1) is 6.61 Å². The van der Waals surface area contributed by atoms with Crippen LogP contribution in [0.3, 0.4) is 0 Å². The van der Waals surface area contributed by atoms with E-state index in [0.29, 0.717) is 5.02 Å². The Morgan fingerprint density at radius 2 is 1.95 bits per heavy atom. The Balaban J connectivity index is 2.24. The fourth-order valence-corrected chi connectivity index (χ4v) is 2.36. The molecule has 0 aromatic heterocycles. The number of hydrogen-bond acceptors (Lipinski definition) is 2. The summed E-state index contributed by atoms with van der Waals surface area (Å²) in [4.78, 5) is 2.10. The summed E-state index contributed by atoms with van der Waals surface area (Å²) in [5.41, 5.74) is 4.35. The summed E-state index contributed by atoms with van der Waals surface area (Å²) in [5, 5.41) is 10.1. The normalized spacial score (nSPS) is 10.5. The number of rotatable bonds is 4. The van der Waals surface area contributed by atoms with Crippen molar-refractivity contribution < 1.29 is 5.11 Å². The van der Waals surface area contributed by atoms with E-state index in [9.17, 15) is 5.11 Å². The minimum atomic E-state index is 0.0185. The molecule has 2 aromatic carbocycles. The molecule has 0 bridgehead atoms. The fraction of sp³-hybridized carbons (Fsp3) is 0.250. The number of nitrogens with zero attached hydrogens (tertiary/aromatic N) is 1. The second-order valence-electron chi connectivity index (χ2n) is 4.78. The Bertz CT molecular complexity index is 568. The van der Waals surface area contributed by atoms with Crippen LogP contribution in [-0.2, 0) is 13.2 Å². The molecule has 0 saturated heterocycles. The molecule has 0 aliphatic rings. The van der Waals surface area contributed by atoms with E-state index in [4.69, 9.17) is 11.6 Å². The number of anilines is 1. The summed E-state index contributed by atoms with van der Waals surface area (Å²) in [7, 11) is 2.01. The van der Waals surface area contributed by atoms with Gasteiger partial charge in [-0.1, -0.05) is 47.5 Å². The zero-order chi connectivity index (χ0) is 13.8. The molecule has 0 heterocycles. The molecule has 0 fully saturated rings. The molecular formula is C16H18ClNO. The second kappa shape index (κ2) is 6.09. The number of halogens is 1. The largest absolute Gasteiger partial charge is 0.392 e. The van der Waals surface area contributed by atoms with E-state index in [1.165, 1.54) is 11.1 Å². The molecule has 3 heteroatoms. The number of aliphatic hydroxyl groups is 1. The molecule has 0 spiro atoms. The van der Waals surface area contributed by atoms with Crippen molar-refractivity contribution in [1.82, 2.24) is 0 Å². The summed E-state index contributed by atoms with van der Waals surface area (Å²) in [6.07, 6.45) is 0. The Labute approximate surface area is 119 Å². The van der Waals surface area contributed by atoms with Gasteiger partial charge in [0.25, 0.3) is 0 Å². The molecule has 2 aromatic rings. The maximum absolute atomic E-state index is 9.40. The standard InChI is InChI=1S/C16H18ClNO/c1-12-4-3-5-13(8-12)10-18(2)16-9-15(17)7-6-14(16)11-19/h3-9,19H,10-11H2,1-2H3. The molecule has 0 radical (unpaired) electrons. The molecule has 2 nitrogen and oxygen atoms in total. The molecule has 2 rings (SSSR count).